The number of nitrogens with one attached hydrogen (secondary N) is 2. The summed E-state index contributed by atoms with van der Waals surface area (Å²) in [4.78, 5) is 52.8. The minimum absolute atomic E-state index is 0.0405. The Hall–Kier alpha value is -5.84. The van der Waals surface area contributed by atoms with Crippen LogP contribution in [0.4, 0.5) is 5.69 Å². The fourth-order valence-corrected chi connectivity index (χ4v) is 5.11. The molecular formula is C35H34N4O7. The number of fused-ring (bicyclic) bond motifs is 1. The predicted molar refractivity (Wildman–Crippen MR) is 175 cm³/mol. The Morgan fingerprint density at radius 3 is 2.22 bits per heavy atom. The maximum Gasteiger partial charge on any atom is 0.332 e. The van der Waals surface area contributed by atoms with Crippen molar-refractivity contribution in [3.05, 3.63) is 129 Å². The molecule has 0 unspecified atom stereocenters. The summed E-state index contributed by atoms with van der Waals surface area (Å²) in [5.74, 6) is 1.14. The fraction of sp³-hybridized carbons (Fsp3) is 0.200. The van der Waals surface area contributed by atoms with Gasteiger partial charge in [-0.15, -0.1) is 0 Å². The molecule has 2 N–H and O–H groups in total. The molecule has 0 spiro atoms. The number of carbonyl (C=O) groups excluding carboxylic acids is 2. The zero-order chi connectivity index (χ0) is 32.6. The van der Waals surface area contributed by atoms with E-state index in [0.29, 0.717) is 57.9 Å². The van der Waals surface area contributed by atoms with Gasteiger partial charge in [0.05, 0.1) is 38.8 Å². The van der Waals surface area contributed by atoms with Gasteiger partial charge in [0.1, 0.15) is 12.3 Å². The van der Waals surface area contributed by atoms with Crippen LogP contribution in [0.1, 0.15) is 21.5 Å². The van der Waals surface area contributed by atoms with Crippen LogP contribution in [0.3, 0.4) is 0 Å². The highest BCUT2D eigenvalue weighted by atomic mass is 16.5. The molecule has 0 saturated heterocycles. The zero-order valence-corrected chi connectivity index (χ0v) is 25.7. The monoisotopic (exact) mass is 622 g/mol. The first-order valence-electron chi connectivity index (χ1n) is 14.6. The molecule has 0 aliphatic rings. The van der Waals surface area contributed by atoms with Crippen LogP contribution in [0.2, 0.25) is 0 Å². The zero-order valence-electron chi connectivity index (χ0n) is 25.7. The number of carbonyl (C=O) groups is 2. The molecule has 0 aliphatic heterocycles. The molecule has 2 amide bonds. The van der Waals surface area contributed by atoms with Gasteiger partial charge in [-0.3, -0.25) is 23.5 Å². The van der Waals surface area contributed by atoms with Gasteiger partial charge in [0.15, 0.2) is 11.5 Å². The number of aromatic nitrogens is 2. The number of anilines is 1. The molecule has 236 valence electrons. The highest BCUT2D eigenvalue weighted by molar-refractivity contribution is 5.94. The average Bonchev–Trinajstić information content (AvgIpc) is 3.08. The van der Waals surface area contributed by atoms with Gasteiger partial charge in [-0.2, -0.15) is 0 Å². The Kier molecular flexibility index (Phi) is 9.81. The summed E-state index contributed by atoms with van der Waals surface area (Å²) in [7, 11) is 4.68. The van der Waals surface area contributed by atoms with Gasteiger partial charge in [-0.25, -0.2) is 4.79 Å². The smallest absolute Gasteiger partial charge is 0.332 e. The molecule has 0 saturated carbocycles. The van der Waals surface area contributed by atoms with Crippen LogP contribution in [0.15, 0.2) is 101 Å². The minimum atomic E-state index is -0.624. The lowest BCUT2D eigenvalue weighted by atomic mass is 10.1. The highest BCUT2D eigenvalue weighted by Crippen LogP contribution is 2.27. The van der Waals surface area contributed by atoms with Crippen LogP contribution in [-0.2, 0) is 24.3 Å². The number of rotatable bonds is 12. The van der Waals surface area contributed by atoms with Crippen LogP contribution in [0.5, 0.6) is 17.2 Å². The summed E-state index contributed by atoms with van der Waals surface area (Å²) in [6.07, 6.45) is 0.596. The molecule has 0 aliphatic carbocycles. The molecule has 4 aromatic carbocycles. The molecule has 1 heterocycles. The molecular weight excluding hydrogens is 588 g/mol. The van der Waals surface area contributed by atoms with Crippen molar-refractivity contribution in [2.24, 2.45) is 0 Å². The van der Waals surface area contributed by atoms with Crippen molar-refractivity contribution in [3.63, 3.8) is 0 Å². The summed E-state index contributed by atoms with van der Waals surface area (Å²) >= 11 is 0. The summed E-state index contributed by atoms with van der Waals surface area (Å²) in [6.45, 7) is 0.0634. The lowest BCUT2D eigenvalue weighted by molar-refractivity contribution is -0.116. The minimum Gasteiger partial charge on any atom is -0.497 e. The molecule has 46 heavy (non-hydrogen) atoms. The van der Waals surface area contributed by atoms with Crippen molar-refractivity contribution in [2.75, 3.05) is 33.2 Å². The fourth-order valence-electron chi connectivity index (χ4n) is 5.11. The molecule has 0 atom stereocenters. The topological polar surface area (TPSA) is 130 Å². The van der Waals surface area contributed by atoms with E-state index in [1.807, 2.05) is 18.2 Å². The van der Waals surface area contributed by atoms with Crippen molar-refractivity contribution in [1.29, 1.82) is 0 Å². The molecule has 11 heteroatoms. The first-order valence-corrected chi connectivity index (χ1v) is 14.6. The van der Waals surface area contributed by atoms with Gasteiger partial charge < -0.3 is 24.8 Å². The molecule has 5 rings (SSSR count). The second-order valence-corrected chi connectivity index (χ2v) is 10.4. The van der Waals surface area contributed by atoms with Crippen molar-refractivity contribution < 1.29 is 23.8 Å². The molecule has 0 radical (unpaired) electrons. The Morgan fingerprint density at radius 2 is 1.48 bits per heavy atom. The van der Waals surface area contributed by atoms with Crippen molar-refractivity contribution in [1.82, 2.24) is 14.5 Å². The number of para-hydroxylation sites is 1. The second kappa shape index (κ2) is 14.3. The summed E-state index contributed by atoms with van der Waals surface area (Å²) in [5.41, 5.74) is 1.84. The van der Waals surface area contributed by atoms with E-state index < -0.39 is 17.2 Å². The average molecular weight is 623 g/mol. The number of nitrogens with zero attached hydrogens (tertiary/aromatic N) is 2. The quantitative estimate of drug-likeness (QED) is 0.216. The van der Waals surface area contributed by atoms with E-state index in [-0.39, 0.29) is 19.0 Å². The standard InChI is InChI=1S/C35H34N4O7/c1-44-27-8-6-7-26(20-27)37-32(40)22-38-29-10-5-4-9-28(29)34(42)39(35(38)43)21-24-11-14-25(15-12-24)33(41)36-18-17-23-13-16-30(45-2)31(19-23)46-3/h4-16,19-20H,17-18,21-22H2,1-3H3,(H,36,41)(H,37,40). The van der Waals surface area contributed by atoms with Gasteiger partial charge in [-0.05, 0) is 66.1 Å². The second-order valence-electron chi connectivity index (χ2n) is 10.4. The number of hydrogen-bond donors (Lipinski definition) is 2. The van der Waals surface area contributed by atoms with Gasteiger partial charge in [-0.1, -0.05) is 36.4 Å². The summed E-state index contributed by atoms with van der Waals surface area (Å²) in [6, 6.07) is 25.9. The van der Waals surface area contributed by atoms with Gasteiger partial charge in [0.2, 0.25) is 5.91 Å². The Labute approximate surface area is 265 Å². The van der Waals surface area contributed by atoms with E-state index in [4.69, 9.17) is 14.2 Å². The number of amides is 2. The molecule has 1 aromatic heterocycles. The van der Waals surface area contributed by atoms with Crippen LogP contribution in [0, 0.1) is 0 Å². The van der Waals surface area contributed by atoms with Crippen molar-refractivity contribution in [2.45, 2.75) is 19.5 Å². The van der Waals surface area contributed by atoms with Crippen molar-refractivity contribution >= 4 is 28.4 Å². The Balaban J connectivity index is 1.29. The van der Waals surface area contributed by atoms with Crippen LogP contribution < -0.4 is 36.1 Å². The maximum absolute atomic E-state index is 13.6. The Morgan fingerprint density at radius 1 is 0.739 bits per heavy atom. The third-order valence-electron chi connectivity index (χ3n) is 7.49. The first kappa shape index (κ1) is 31.6. The summed E-state index contributed by atoms with van der Waals surface area (Å²) in [5, 5.41) is 5.99. The number of benzene rings is 4. The largest absolute Gasteiger partial charge is 0.497 e. The predicted octanol–water partition coefficient (Wildman–Crippen LogP) is 3.85. The van der Waals surface area contributed by atoms with Gasteiger partial charge in [0.25, 0.3) is 11.5 Å². The van der Waals surface area contributed by atoms with Crippen LogP contribution >= 0.6 is 0 Å². The van der Waals surface area contributed by atoms with E-state index in [0.717, 1.165) is 10.1 Å². The van der Waals surface area contributed by atoms with Gasteiger partial charge >= 0.3 is 5.69 Å². The lowest BCUT2D eigenvalue weighted by Crippen LogP contribution is -2.42. The normalized spacial score (nSPS) is 10.8. The maximum atomic E-state index is 13.6. The number of hydrogen-bond acceptors (Lipinski definition) is 7. The molecule has 0 fully saturated rings. The van der Waals surface area contributed by atoms with Gasteiger partial charge in [0, 0.05) is 23.9 Å². The van der Waals surface area contributed by atoms with Crippen LogP contribution in [-0.4, -0.2) is 48.8 Å². The summed E-state index contributed by atoms with van der Waals surface area (Å²) < 4.78 is 18.2. The third kappa shape index (κ3) is 7.10. The van der Waals surface area contributed by atoms with Crippen molar-refractivity contribution in [3.8, 4) is 17.2 Å². The lowest BCUT2D eigenvalue weighted by Gasteiger charge is -2.15. The SMILES string of the molecule is COc1cccc(NC(=O)Cn2c(=O)n(Cc3ccc(C(=O)NCCc4ccc(OC)c(OC)c4)cc3)c(=O)c3ccccc32)c1. The first-order chi connectivity index (χ1) is 22.3. The molecule has 0 bridgehead atoms. The number of methoxy groups -OCH3 is 3. The van der Waals surface area contributed by atoms with E-state index in [1.54, 1.807) is 87.0 Å². The molecule has 5 aromatic rings. The van der Waals surface area contributed by atoms with Crippen LogP contribution in [0.25, 0.3) is 10.9 Å². The highest BCUT2D eigenvalue weighted by Gasteiger charge is 2.16. The Bertz CT molecular complexity index is 2000. The van der Waals surface area contributed by atoms with E-state index in [1.165, 1.54) is 11.7 Å². The number of ether oxygens (including phenoxy) is 3. The van der Waals surface area contributed by atoms with E-state index >= 15 is 0 Å². The molecule has 11 nitrogen and oxygen atoms in total. The van der Waals surface area contributed by atoms with E-state index in [2.05, 4.69) is 10.6 Å². The third-order valence-corrected chi connectivity index (χ3v) is 7.49. The van der Waals surface area contributed by atoms with E-state index in [9.17, 15) is 19.2 Å².